The van der Waals surface area contributed by atoms with Crippen molar-refractivity contribution in [2.45, 2.75) is 120 Å². The van der Waals surface area contributed by atoms with Crippen molar-refractivity contribution in [3.05, 3.63) is 0 Å². The lowest BCUT2D eigenvalue weighted by Gasteiger charge is -2.44. The third-order valence-electron chi connectivity index (χ3n) is 6.35. The first-order valence-electron chi connectivity index (χ1n) is 10.3. The molecule has 134 valence electrons. The second-order valence-electron chi connectivity index (χ2n) is 8.23. The number of nitrogens with one attached hydrogen (secondary N) is 3. The van der Waals surface area contributed by atoms with Gasteiger partial charge in [0.05, 0.1) is 6.04 Å². The van der Waals surface area contributed by atoms with Crippen molar-refractivity contribution in [3.63, 3.8) is 0 Å². The lowest BCUT2D eigenvalue weighted by Crippen LogP contribution is -2.77. The summed E-state index contributed by atoms with van der Waals surface area (Å²) < 4.78 is 0. The van der Waals surface area contributed by atoms with E-state index in [9.17, 15) is 0 Å². The second-order valence-corrected chi connectivity index (χ2v) is 8.23. The third kappa shape index (κ3) is 4.68. The van der Waals surface area contributed by atoms with Crippen molar-refractivity contribution >= 4 is 0 Å². The third-order valence-corrected chi connectivity index (χ3v) is 6.35. The second kappa shape index (κ2) is 8.28. The van der Waals surface area contributed by atoms with E-state index in [0.29, 0.717) is 24.2 Å². The molecular formula is C19H38N4. The van der Waals surface area contributed by atoms with E-state index in [-0.39, 0.29) is 0 Å². The molecule has 4 heteroatoms. The summed E-state index contributed by atoms with van der Waals surface area (Å²) in [5.74, 6) is -0.457. The van der Waals surface area contributed by atoms with Crippen molar-refractivity contribution in [2.75, 3.05) is 0 Å². The molecule has 0 radical (unpaired) electrons. The molecule has 3 aliphatic carbocycles. The van der Waals surface area contributed by atoms with Gasteiger partial charge in [-0.05, 0) is 44.9 Å². The van der Waals surface area contributed by atoms with Crippen molar-refractivity contribution in [3.8, 4) is 0 Å². The first-order chi connectivity index (χ1) is 11.2. The first kappa shape index (κ1) is 17.7. The molecule has 4 nitrogen and oxygen atoms in total. The standard InChI is InChI=1S/C19H38N4/c1-2-18(21-15-9-3-4-10-15)19(20,22-16-11-5-6-12-16)23-17-13-7-8-14-17/h15-18,21-23H,2-14,20H2,1H3. The lowest BCUT2D eigenvalue weighted by molar-refractivity contribution is 0.136. The van der Waals surface area contributed by atoms with Crippen molar-refractivity contribution in [2.24, 2.45) is 5.73 Å². The zero-order valence-electron chi connectivity index (χ0n) is 15.1. The first-order valence-corrected chi connectivity index (χ1v) is 10.3. The van der Waals surface area contributed by atoms with Crippen LogP contribution in [-0.2, 0) is 0 Å². The van der Waals surface area contributed by atoms with Crippen LogP contribution >= 0.6 is 0 Å². The molecule has 3 aliphatic rings. The minimum atomic E-state index is -0.457. The SMILES string of the molecule is CCC(NC1CCCC1)C(N)(NC1CCCC1)NC1CCCC1. The number of nitrogens with two attached hydrogens (primary N) is 1. The van der Waals surface area contributed by atoms with Crippen molar-refractivity contribution in [1.29, 1.82) is 0 Å². The monoisotopic (exact) mass is 322 g/mol. The van der Waals surface area contributed by atoms with Crippen LogP contribution in [0, 0.1) is 0 Å². The van der Waals surface area contributed by atoms with E-state index in [2.05, 4.69) is 22.9 Å². The summed E-state index contributed by atoms with van der Waals surface area (Å²) in [6, 6.07) is 2.16. The molecular weight excluding hydrogens is 284 g/mol. The molecule has 0 aromatic rings. The van der Waals surface area contributed by atoms with Gasteiger partial charge in [0.1, 0.15) is 5.79 Å². The van der Waals surface area contributed by atoms with Crippen molar-refractivity contribution < 1.29 is 0 Å². The number of hydrogen-bond donors (Lipinski definition) is 4. The Bertz CT molecular complexity index is 323. The highest BCUT2D eigenvalue weighted by molar-refractivity contribution is 4.98. The van der Waals surface area contributed by atoms with Gasteiger partial charge in [-0.25, -0.2) is 0 Å². The summed E-state index contributed by atoms with van der Waals surface area (Å²) >= 11 is 0. The summed E-state index contributed by atoms with van der Waals surface area (Å²) in [6.07, 6.45) is 17.0. The summed E-state index contributed by atoms with van der Waals surface area (Å²) in [5, 5.41) is 11.6. The summed E-state index contributed by atoms with van der Waals surface area (Å²) in [5.41, 5.74) is 7.01. The van der Waals surface area contributed by atoms with Gasteiger partial charge < -0.3 is 5.32 Å². The Morgan fingerprint density at radius 2 is 1.17 bits per heavy atom. The molecule has 0 aliphatic heterocycles. The Hall–Kier alpha value is -0.160. The highest BCUT2D eigenvalue weighted by Crippen LogP contribution is 2.25. The van der Waals surface area contributed by atoms with Gasteiger partial charge in [0.25, 0.3) is 0 Å². The summed E-state index contributed by atoms with van der Waals surface area (Å²) in [7, 11) is 0. The molecule has 0 heterocycles. The largest absolute Gasteiger partial charge is 0.307 e. The predicted molar refractivity (Wildman–Crippen MR) is 97.2 cm³/mol. The van der Waals surface area contributed by atoms with Crippen LogP contribution in [0.2, 0.25) is 0 Å². The topological polar surface area (TPSA) is 62.1 Å². The van der Waals surface area contributed by atoms with E-state index >= 15 is 0 Å². The fourth-order valence-corrected chi connectivity index (χ4v) is 5.01. The number of hydrogen-bond acceptors (Lipinski definition) is 4. The van der Waals surface area contributed by atoms with Gasteiger partial charge in [-0.15, -0.1) is 0 Å². The Morgan fingerprint density at radius 1 is 0.783 bits per heavy atom. The van der Waals surface area contributed by atoms with E-state index in [4.69, 9.17) is 5.73 Å². The Morgan fingerprint density at radius 3 is 1.57 bits per heavy atom. The van der Waals surface area contributed by atoms with E-state index in [0.717, 1.165) is 6.42 Å². The van der Waals surface area contributed by atoms with Crippen LogP contribution in [0.25, 0.3) is 0 Å². The van der Waals surface area contributed by atoms with Gasteiger partial charge in [0.15, 0.2) is 0 Å². The van der Waals surface area contributed by atoms with Crippen LogP contribution in [0.5, 0.6) is 0 Å². The van der Waals surface area contributed by atoms with Crippen LogP contribution in [0.15, 0.2) is 0 Å². The minimum Gasteiger partial charge on any atom is -0.307 e. The molecule has 3 fully saturated rings. The van der Waals surface area contributed by atoms with Crippen LogP contribution in [0.1, 0.15) is 90.4 Å². The maximum atomic E-state index is 7.01. The minimum absolute atomic E-state index is 0.312. The molecule has 1 unspecified atom stereocenters. The summed E-state index contributed by atoms with van der Waals surface area (Å²) in [4.78, 5) is 0. The van der Waals surface area contributed by atoms with Gasteiger partial charge in [0, 0.05) is 18.1 Å². The molecule has 0 spiro atoms. The fraction of sp³-hybridized carbons (Fsp3) is 1.00. The lowest BCUT2D eigenvalue weighted by atomic mass is 10.0. The van der Waals surface area contributed by atoms with Gasteiger partial charge in [-0.1, -0.05) is 45.4 Å². The van der Waals surface area contributed by atoms with E-state index < -0.39 is 5.79 Å². The van der Waals surface area contributed by atoms with Gasteiger partial charge in [0.2, 0.25) is 0 Å². The molecule has 23 heavy (non-hydrogen) atoms. The molecule has 5 N–H and O–H groups in total. The van der Waals surface area contributed by atoms with E-state index in [1.807, 2.05) is 0 Å². The molecule has 0 aromatic carbocycles. The van der Waals surface area contributed by atoms with Crippen molar-refractivity contribution in [1.82, 2.24) is 16.0 Å². The van der Waals surface area contributed by atoms with Crippen LogP contribution in [-0.4, -0.2) is 30.0 Å². The van der Waals surface area contributed by atoms with Crippen LogP contribution in [0.3, 0.4) is 0 Å². The van der Waals surface area contributed by atoms with Crippen LogP contribution < -0.4 is 21.7 Å². The Balaban J connectivity index is 1.67. The molecule has 1 atom stereocenters. The molecule has 0 aromatic heterocycles. The Labute approximate surface area is 142 Å². The molecule has 0 amide bonds. The predicted octanol–water partition coefficient (Wildman–Crippen LogP) is 2.97. The Kier molecular flexibility index (Phi) is 6.36. The highest BCUT2D eigenvalue weighted by Gasteiger charge is 2.39. The van der Waals surface area contributed by atoms with E-state index in [1.165, 1.54) is 77.0 Å². The molecule has 0 saturated heterocycles. The normalized spacial score (nSPS) is 26.3. The maximum absolute atomic E-state index is 7.01. The smallest absolute Gasteiger partial charge is 0.137 e. The maximum Gasteiger partial charge on any atom is 0.137 e. The summed E-state index contributed by atoms with van der Waals surface area (Å²) in [6.45, 7) is 2.28. The number of rotatable bonds is 8. The van der Waals surface area contributed by atoms with Gasteiger partial charge in [-0.3, -0.25) is 16.4 Å². The van der Waals surface area contributed by atoms with Gasteiger partial charge >= 0.3 is 0 Å². The average molecular weight is 323 g/mol. The zero-order chi connectivity index (χ0) is 16.1. The van der Waals surface area contributed by atoms with Crippen LogP contribution in [0.4, 0.5) is 0 Å². The fourth-order valence-electron chi connectivity index (χ4n) is 5.01. The van der Waals surface area contributed by atoms with Gasteiger partial charge in [-0.2, -0.15) is 0 Å². The zero-order valence-corrected chi connectivity index (χ0v) is 15.1. The molecule has 3 saturated carbocycles. The molecule has 3 rings (SSSR count). The van der Waals surface area contributed by atoms with E-state index in [1.54, 1.807) is 0 Å². The quantitative estimate of drug-likeness (QED) is 0.519. The highest BCUT2D eigenvalue weighted by atomic mass is 15.4. The average Bonchev–Trinajstić information content (AvgIpc) is 3.28. The molecule has 0 bridgehead atoms.